The van der Waals surface area contributed by atoms with Crippen LogP contribution in [0.2, 0.25) is 0 Å². The average molecular weight is 313 g/mol. The van der Waals surface area contributed by atoms with Crippen molar-refractivity contribution >= 4 is 18.3 Å². The summed E-state index contributed by atoms with van der Waals surface area (Å²) in [4.78, 5) is 14.1. The van der Waals surface area contributed by atoms with E-state index in [4.69, 9.17) is 4.74 Å². The van der Waals surface area contributed by atoms with Gasteiger partial charge in [-0.2, -0.15) is 0 Å². The van der Waals surface area contributed by atoms with Crippen LogP contribution in [0.1, 0.15) is 19.3 Å². The molecule has 21 heavy (non-hydrogen) atoms. The quantitative estimate of drug-likeness (QED) is 0.876. The molecular formula is C16H25ClN2O2. The Morgan fingerprint density at radius 3 is 2.86 bits per heavy atom. The van der Waals surface area contributed by atoms with E-state index in [0.717, 1.165) is 31.8 Å². The van der Waals surface area contributed by atoms with E-state index in [2.05, 4.69) is 5.32 Å². The summed E-state index contributed by atoms with van der Waals surface area (Å²) in [5, 5.41) is 3.20. The SMILES string of the molecule is CNCC1CCCN(C(=O)CCOc2ccccc2)C1.Cl. The Hall–Kier alpha value is -1.26. The van der Waals surface area contributed by atoms with E-state index in [0.29, 0.717) is 18.9 Å². The first kappa shape index (κ1) is 17.8. The molecule has 1 aromatic carbocycles. The molecule has 0 aromatic heterocycles. The maximum Gasteiger partial charge on any atom is 0.226 e. The zero-order valence-electron chi connectivity index (χ0n) is 12.6. The molecule has 1 unspecified atom stereocenters. The summed E-state index contributed by atoms with van der Waals surface area (Å²) in [6.45, 7) is 3.22. The number of halogens is 1. The van der Waals surface area contributed by atoms with Gasteiger partial charge in [0.05, 0.1) is 13.0 Å². The molecule has 1 aromatic rings. The van der Waals surface area contributed by atoms with Crippen LogP contribution in [0.15, 0.2) is 30.3 Å². The number of rotatable bonds is 6. The minimum atomic E-state index is 0. The number of ether oxygens (including phenoxy) is 1. The lowest BCUT2D eigenvalue weighted by molar-refractivity contribution is -0.133. The number of benzene rings is 1. The molecule has 1 aliphatic rings. The molecule has 1 heterocycles. The van der Waals surface area contributed by atoms with E-state index in [1.807, 2.05) is 42.3 Å². The van der Waals surface area contributed by atoms with Gasteiger partial charge in [0.15, 0.2) is 0 Å². The topological polar surface area (TPSA) is 41.6 Å². The standard InChI is InChI=1S/C16H24N2O2.ClH/c1-17-12-14-6-5-10-18(13-14)16(19)9-11-20-15-7-3-2-4-8-15;/h2-4,7-8,14,17H,5-6,9-13H2,1H3;1H. The fourth-order valence-corrected chi connectivity index (χ4v) is 2.68. The predicted octanol–water partition coefficient (Wildman–Crippen LogP) is 2.34. The summed E-state index contributed by atoms with van der Waals surface area (Å²) < 4.78 is 5.58. The Morgan fingerprint density at radius 2 is 2.14 bits per heavy atom. The lowest BCUT2D eigenvalue weighted by Crippen LogP contribution is -2.42. The third-order valence-electron chi connectivity index (χ3n) is 3.69. The summed E-state index contributed by atoms with van der Waals surface area (Å²) >= 11 is 0. The van der Waals surface area contributed by atoms with Gasteiger partial charge >= 0.3 is 0 Å². The van der Waals surface area contributed by atoms with Crippen molar-refractivity contribution in [3.63, 3.8) is 0 Å². The molecule has 0 aliphatic carbocycles. The lowest BCUT2D eigenvalue weighted by Gasteiger charge is -2.32. The predicted molar refractivity (Wildman–Crippen MR) is 87.0 cm³/mol. The maximum absolute atomic E-state index is 12.2. The second kappa shape index (κ2) is 9.64. The van der Waals surface area contributed by atoms with Crippen LogP contribution < -0.4 is 10.1 Å². The largest absolute Gasteiger partial charge is 0.493 e. The molecular weight excluding hydrogens is 288 g/mol. The van der Waals surface area contributed by atoms with Crippen LogP contribution in [0.4, 0.5) is 0 Å². The molecule has 118 valence electrons. The van der Waals surface area contributed by atoms with Crippen LogP contribution in [0.3, 0.4) is 0 Å². The van der Waals surface area contributed by atoms with Crippen LogP contribution in [0.5, 0.6) is 5.75 Å². The second-order valence-electron chi connectivity index (χ2n) is 5.32. The van der Waals surface area contributed by atoms with E-state index >= 15 is 0 Å². The van der Waals surface area contributed by atoms with Crippen LogP contribution in [-0.4, -0.2) is 44.1 Å². The van der Waals surface area contributed by atoms with Crippen molar-refractivity contribution in [1.29, 1.82) is 0 Å². The Balaban J connectivity index is 0.00000220. The van der Waals surface area contributed by atoms with Crippen molar-refractivity contribution in [3.8, 4) is 5.75 Å². The van der Waals surface area contributed by atoms with E-state index < -0.39 is 0 Å². The highest BCUT2D eigenvalue weighted by Gasteiger charge is 2.22. The average Bonchev–Trinajstić information content (AvgIpc) is 2.49. The fraction of sp³-hybridized carbons (Fsp3) is 0.562. The van der Waals surface area contributed by atoms with Crippen molar-refractivity contribution in [1.82, 2.24) is 10.2 Å². The third kappa shape index (κ3) is 5.94. The zero-order valence-corrected chi connectivity index (χ0v) is 13.4. The molecule has 0 radical (unpaired) electrons. The van der Waals surface area contributed by atoms with Crippen LogP contribution >= 0.6 is 12.4 Å². The van der Waals surface area contributed by atoms with Gasteiger partial charge in [-0.05, 0) is 44.5 Å². The lowest BCUT2D eigenvalue weighted by atomic mass is 9.98. The summed E-state index contributed by atoms with van der Waals surface area (Å²) in [7, 11) is 1.97. The van der Waals surface area contributed by atoms with Gasteiger partial charge in [-0.15, -0.1) is 12.4 Å². The summed E-state index contributed by atoms with van der Waals surface area (Å²) in [5.41, 5.74) is 0. The first-order chi connectivity index (χ1) is 9.79. The number of amides is 1. The number of nitrogens with one attached hydrogen (secondary N) is 1. The second-order valence-corrected chi connectivity index (χ2v) is 5.32. The molecule has 1 amide bonds. The number of para-hydroxylation sites is 1. The molecule has 0 spiro atoms. The monoisotopic (exact) mass is 312 g/mol. The maximum atomic E-state index is 12.2. The number of hydrogen-bond acceptors (Lipinski definition) is 3. The Kier molecular flexibility index (Phi) is 8.16. The summed E-state index contributed by atoms with van der Waals surface area (Å²) in [6.07, 6.45) is 2.78. The van der Waals surface area contributed by atoms with Crippen molar-refractivity contribution < 1.29 is 9.53 Å². The normalized spacial score (nSPS) is 18.0. The molecule has 2 rings (SSSR count). The number of likely N-dealkylation sites (tertiary alicyclic amines) is 1. The Morgan fingerprint density at radius 1 is 1.38 bits per heavy atom. The van der Waals surface area contributed by atoms with Gasteiger partial charge in [-0.1, -0.05) is 18.2 Å². The van der Waals surface area contributed by atoms with Gasteiger partial charge < -0.3 is 15.0 Å². The van der Waals surface area contributed by atoms with Gasteiger partial charge in [0.1, 0.15) is 5.75 Å². The summed E-state index contributed by atoms with van der Waals surface area (Å²) in [6, 6.07) is 9.64. The van der Waals surface area contributed by atoms with Gasteiger partial charge in [0.25, 0.3) is 0 Å². The van der Waals surface area contributed by atoms with Gasteiger partial charge in [-0.25, -0.2) is 0 Å². The zero-order chi connectivity index (χ0) is 14.2. The fourth-order valence-electron chi connectivity index (χ4n) is 2.68. The van der Waals surface area contributed by atoms with Gasteiger partial charge in [0.2, 0.25) is 5.91 Å². The van der Waals surface area contributed by atoms with Crippen molar-refractivity contribution in [2.45, 2.75) is 19.3 Å². The van der Waals surface area contributed by atoms with Crippen molar-refractivity contribution in [2.75, 3.05) is 33.3 Å². The highest BCUT2D eigenvalue weighted by Crippen LogP contribution is 2.16. The molecule has 4 nitrogen and oxygen atoms in total. The van der Waals surface area contributed by atoms with Crippen LogP contribution in [-0.2, 0) is 4.79 Å². The van der Waals surface area contributed by atoms with E-state index in [-0.39, 0.29) is 18.3 Å². The first-order valence-corrected chi connectivity index (χ1v) is 7.40. The number of hydrogen-bond donors (Lipinski definition) is 1. The summed E-state index contributed by atoms with van der Waals surface area (Å²) in [5.74, 6) is 1.63. The van der Waals surface area contributed by atoms with Gasteiger partial charge in [-0.3, -0.25) is 4.79 Å². The molecule has 0 saturated carbocycles. The minimum Gasteiger partial charge on any atom is -0.493 e. The highest BCUT2D eigenvalue weighted by atomic mass is 35.5. The van der Waals surface area contributed by atoms with Crippen molar-refractivity contribution in [3.05, 3.63) is 30.3 Å². The van der Waals surface area contributed by atoms with E-state index in [9.17, 15) is 4.79 Å². The third-order valence-corrected chi connectivity index (χ3v) is 3.69. The van der Waals surface area contributed by atoms with Crippen LogP contribution in [0.25, 0.3) is 0 Å². The molecule has 1 fully saturated rings. The van der Waals surface area contributed by atoms with Crippen molar-refractivity contribution in [2.24, 2.45) is 5.92 Å². The Bertz CT molecular complexity index is 412. The number of piperidine rings is 1. The molecule has 1 N–H and O–H groups in total. The van der Waals surface area contributed by atoms with E-state index in [1.165, 1.54) is 6.42 Å². The molecule has 1 atom stereocenters. The Labute approximate surface area is 133 Å². The van der Waals surface area contributed by atoms with E-state index in [1.54, 1.807) is 0 Å². The smallest absolute Gasteiger partial charge is 0.226 e. The molecule has 5 heteroatoms. The first-order valence-electron chi connectivity index (χ1n) is 7.40. The number of carbonyl (C=O) groups excluding carboxylic acids is 1. The van der Waals surface area contributed by atoms with Gasteiger partial charge in [0, 0.05) is 13.1 Å². The molecule has 1 aliphatic heterocycles. The number of nitrogens with zero attached hydrogens (tertiary/aromatic N) is 1. The molecule has 0 bridgehead atoms. The minimum absolute atomic E-state index is 0. The molecule has 1 saturated heterocycles. The van der Waals surface area contributed by atoms with Crippen LogP contribution in [0, 0.1) is 5.92 Å². The number of carbonyl (C=O) groups is 1. The highest BCUT2D eigenvalue weighted by molar-refractivity contribution is 5.85.